The van der Waals surface area contributed by atoms with Gasteiger partial charge < -0.3 is 43.6 Å². The van der Waals surface area contributed by atoms with Gasteiger partial charge in [-0.1, -0.05) is 60.5 Å². The summed E-state index contributed by atoms with van der Waals surface area (Å²) >= 11 is 0. The number of amides is 2. The number of allylic oxidation sites excluding steroid dienone is 1. The Balaban J connectivity index is 1.36. The van der Waals surface area contributed by atoms with Crippen LogP contribution < -0.4 is 24.3 Å². The number of likely N-dealkylation sites (N-methyl/N-ethyl adjacent to an activating group) is 1. The van der Waals surface area contributed by atoms with Crippen LogP contribution in [0.1, 0.15) is 67.6 Å². The summed E-state index contributed by atoms with van der Waals surface area (Å²) in [7, 11) is 4.71. The largest absolute Gasteiger partial charge is 0.497 e. The highest BCUT2D eigenvalue weighted by Crippen LogP contribution is 2.62. The third-order valence-corrected chi connectivity index (χ3v) is 13.1. The predicted molar refractivity (Wildman–Crippen MR) is 260 cm³/mol. The van der Waals surface area contributed by atoms with Gasteiger partial charge in [-0.3, -0.25) is 20.2 Å². The number of unbranched alkanes of at least 4 members (excludes halogenated alkanes) is 2. The van der Waals surface area contributed by atoms with Crippen molar-refractivity contribution in [1.29, 1.82) is 0 Å². The fourth-order valence-electron chi connectivity index (χ4n) is 9.84. The molecule has 0 spiro atoms. The molecule has 7 rings (SSSR count). The zero-order valence-corrected chi connectivity index (χ0v) is 39.2. The van der Waals surface area contributed by atoms with Gasteiger partial charge >= 0.3 is 6.09 Å². The summed E-state index contributed by atoms with van der Waals surface area (Å²) < 4.78 is 31.0. The van der Waals surface area contributed by atoms with E-state index < -0.39 is 28.8 Å². The normalized spacial score (nSPS) is 21.8. The van der Waals surface area contributed by atoms with Crippen LogP contribution in [-0.4, -0.2) is 90.7 Å². The Bertz CT molecular complexity index is 2530. The second kappa shape index (κ2) is 23.3. The molecule has 4 aromatic carbocycles. The summed E-state index contributed by atoms with van der Waals surface area (Å²) in [6.07, 6.45) is 10.4. The van der Waals surface area contributed by atoms with Gasteiger partial charge in [0.05, 0.1) is 43.1 Å². The Morgan fingerprint density at radius 2 is 1.70 bits per heavy atom. The van der Waals surface area contributed by atoms with Crippen LogP contribution in [0.2, 0.25) is 0 Å². The molecular weight excluding hydrogens is 885 g/mol. The number of nitro benzene ring substituents is 1. The molecule has 3 N–H and O–H groups in total. The fourth-order valence-corrected chi connectivity index (χ4v) is 9.84. The van der Waals surface area contributed by atoms with Crippen molar-refractivity contribution < 1.29 is 53.2 Å². The van der Waals surface area contributed by atoms with Crippen LogP contribution in [0.5, 0.6) is 23.0 Å². The van der Waals surface area contributed by atoms with E-state index in [0.717, 1.165) is 29.5 Å². The molecule has 0 saturated heterocycles. The number of rotatable bonds is 22. The fraction of sp³-hybridized carbons (Fsp3) is 0.377. The van der Waals surface area contributed by atoms with Crippen molar-refractivity contribution in [3.63, 3.8) is 0 Å². The number of anilines is 1. The summed E-state index contributed by atoms with van der Waals surface area (Å²) in [5, 5.41) is 38.9. The average molecular weight is 945 g/mol. The maximum atomic E-state index is 14.5. The molecule has 3 aliphatic rings. The smallest absolute Gasteiger partial charge is 0.417 e. The van der Waals surface area contributed by atoms with Gasteiger partial charge in [-0.15, -0.1) is 6.58 Å². The van der Waals surface area contributed by atoms with Crippen LogP contribution in [0, 0.1) is 27.9 Å². The molecule has 1 fully saturated rings. The number of carbonyl (C=O) groups excluding carboxylic acids is 2. The molecule has 16 heteroatoms. The first-order valence-electron chi connectivity index (χ1n) is 23.2. The van der Waals surface area contributed by atoms with Gasteiger partial charge in [0.15, 0.2) is 0 Å². The highest BCUT2D eigenvalue weighted by atomic mass is 16.7. The second-order valence-corrected chi connectivity index (χ2v) is 17.2. The average Bonchev–Trinajstić information content (AvgIpc) is 3.36. The summed E-state index contributed by atoms with van der Waals surface area (Å²) in [4.78, 5) is 46.7. The van der Waals surface area contributed by atoms with Crippen LogP contribution >= 0.6 is 0 Å². The van der Waals surface area contributed by atoms with Gasteiger partial charge in [0.2, 0.25) is 11.7 Å². The van der Waals surface area contributed by atoms with Gasteiger partial charge in [-0.2, -0.15) is 0 Å². The number of fused-ring (bicyclic) bond motifs is 2. The van der Waals surface area contributed by atoms with Crippen LogP contribution in [-0.2, 0) is 21.0 Å². The molecule has 0 aromatic heterocycles. The lowest BCUT2D eigenvalue weighted by atomic mass is 9.55. The number of aliphatic hydroxyl groups is 2. The number of hydrogen-bond donors (Lipinski definition) is 3. The van der Waals surface area contributed by atoms with Crippen molar-refractivity contribution in [2.45, 2.75) is 69.3 Å². The van der Waals surface area contributed by atoms with E-state index in [9.17, 15) is 29.9 Å². The number of ether oxygens (including phenoxy) is 5. The quantitative estimate of drug-likeness (QED) is 0.0222. The van der Waals surface area contributed by atoms with E-state index in [1.165, 1.54) is 32.4 Å². The third kappa shape index (κ3) is 11.5. The lowest BCUT2D eigenvalue weighted by Crippen LogP contribution is -2.69. The number of aliphatic hydroxyl groups excluding tert-OH is 2. The van der Waals surface area contributed by atoms with Crippen LogP contribution in [0.4, 0.5) is 16.2 Å². The zero-order chi connectivity index (χ0) is 48.9. The van der Waals surface area contributed by atoms with Gasteiger partial charge in [-0.05, 0) is 103 Å². The maximum absolute atomic E-state index is 14.5. The van der Waals surface area contributed by atoms with Crippen molar-refractivity contribution >= 4 is 35.2 Å². The molecule has 4 aromatic rings. The summed E-state index contributed by atoms with van der Waals surface area (Å²) in [6.45, 7) is 4.31. The number of benzene rings is 4. The van der Waals surface area contributed by atoms with Gasteiger partial charge in [-0.25, -0.2) is 4.79 Å². The molecule has 2 aliphatic carbocycles. The molecule has 6 unspecified atom stereocenters. The molecule has 2 amide bonds. The molecule has 0 bridgehead atoms. The Morgan fingerprint density at radius 3 is 2.39 bits per heavy atom. The minimum Gasteiger partial charge on any atom is -0.497 e. The van der Waals surface area contributed by atoms with Gasteiger partial charge in [0, 0.05) is 62.4 Å². The number of nitrogens with zero attached hydrogens (tertiary/aromatic N) is 3. The summed E-state index contributed by atoms with van der Waals surface area (Å²) in [6, 6.07) is 25.0. The molecule has 1 heterocycles. The molecule has 6 atom stereocenters. The first-order chi connectivity index (χ1) is 33.5. The molecule has 16 nitrogen and oxygen atoms in total. The predicted octanol–water partition coefficient (Wildman–Crippen LogP) is 9.23. The maximum Gasteiger partial charge on any atom is 0.417 e. The van der Waals surface area contributed by atoms with Crippen molar-refractivity contribution in [3.8, 4) is 23.0 Å². The Hall–Kier alpha value is -7.01. The number of oxime groups is 1. The molecule has 69 heavy (non-hydrogen) atoms. The SMILES string of the molecule is C=CCOC12Oc3ccc(OC(=O)Nc4ccc(OC)cc4OC)cc3C3C(CCCCO)C(CCCCO)C=C(C(=NOCc4ccccc4)CC1N(C)C(=O)C=Cc1ccc([N+](=O)[O-])cc1)C32. The molecule has 1 saturated carbocycles. The minimum absolute atomic E-state index is 0.0210. The number of nitrogens with one attached hydrogen (secondary N) is 1. The number of non-ortho nitro benzene ring substituents is 1. The van der Waals surface area contributed by atoms with Crippen LogP contribution in [0.3, 0.4) is 0 Å². The summed E-state index contributed by atoms with van der Waals surface area (Å²) in [5.74, 6) is -1.38. The van der Waals surface area contributed by atoms with E-state index in [4.69, 9.17) is 33.7 Å². The van der Waals surface area contributed by atoms with E-state index in [-0.39, 0.29) is 67.9 Å². The number of hydrogen-bond acceptors (Lipinski definition) is 13. The van der Waals surface area contributed by atoms with Crippen molar-refractivity contribution in [2.24, 2.45) is 22.9 Å². The van der Waals surface area contributed by atoms with Gasteiger partial charge in [0.1, 0.15) is 35.6 Å². The second-order valence-electron chi connectivity index (χ2n) is 17.2. The highest BCUT2D eigenvalue weighted by Gasteiger charge is 2.65. The number of carbonyl (C=O) groups is 2. The van der Waals surface area contributed by atoms with Crippen molar-refractivity contribution in [1.82, 2.24) is 4.90 Å². The Kier molecular flexibility index (Phi) is 16.9. The zero-order valence-electron chi connectivity index (χ0n) is 39.2. The molecule has 1 aliphatic heterocycles. The number of nitro groups is 1. The lowest BCUT2D eigenvalue weighted by molar-refractivity contribution is -0.384. The molecule has 0 radical (unpaired) electrons. The Labute approximate surface area is 402 Å². The minimum atomic E-state index is -1.53. The van der Waals surface area contributed by atoms with E-state index in [0.29, 0.717) is 59.9 Å². The highest BCUT2D eigenvalue weighted by molar-refractivity contribution is 6.03. The third-order valence-electron chi connectivity index (χ3n) is 13.1. The van der Waals surface area contributed by atoms with E-state index in [1.807, 2.05) is 36.4 Å². The summed E-state index contributed by atoms with van der Waals surface area (Å²) in [5.41, 5.74) is 4.02. The van der Waals surface area contributed by atoms with E-state index >= 15 is 0 Å². The van der Waals surface area contributed by atoms with Crippen LogP contribution in [0.25, 0.3) is 6.08 Å². The standard InChI is InChI=1S/C53H60N4O12/c1-5-29-66-53-48(56(2)49(60)26-19-35-17-20-38(21-18-35)57(62)63)33-45(55-67-34-36-13-7-6-8-14-36)42-30-37(15-9-11-27-58)41(16-10-12-28-59)50(51(42)53)43-31-40(23-25-46(43)69-53)68-52(61)54-44-24-22-39(64-3)32-47(44)65-4/h5-8,13-14,17-26,30-32,37,41,48,50-51,58-59H,1,9-12,15-16,27-29,33-34H2,2-4H3,(H,54,61). The molecule has 364 valence electrons. The van der Waals surface area contributed by atoms with E-state index in [1.54, 1.807) is 66.6 Å². The van der Waals surface area contributed by atoms with Crippen molar-refractivity contribution in [2.75, 3.05) is 46.4 Å². The monoisotopic (exact) mass is 944 g/mol. The molecular formula is C53H60N4O12. The first kappa shape index (κ1) is 49.9. The van der Waals surface area contributed by atoms with Gasteiger partial charge in [0.25, 0.3) is 5.69 Å². The van der Waals surface area contributed by atoms with Crippen molar-refractivity contribution in [3.05, 3.63) is 148 Å². The number of methoxy groups -OCH3 is 2. The van der Waals surface area contributed by atoms with E-state index in [2.05, 4.69) is 18.0 Å². The van der Waals surface area contributed by atoms with Crippen LogP contribution in [0.15, 0.2) is 127 Å². The first-order valence-corrected chi connectivity index (χ1v) is 23.2. The topological polar surface area (TPSA) is 201 Å². The lowest BCUT2D eigenvalue weighted by Gasteiger charge is -2.59. The Morgan fingerprint density at radius 1 is 0.957 bits per heavy atom.